The fraction of sp³-hybridized carbons (Fsp3) is 0.348. The van der Waals surface area contributed by atoms with Gasteiger partial charge in [-0.25, -0.2) is 13.4 Å². The monoisotopic (exact) mass is 498 g/mol. The zero-order chi connectivity index (χ0) is 23.7. The van der Waals surface area contributed by atoms with Crippen LogP contribution < -0.4 is 0 Å². The maximum atomic E-state index is 13.1. The smallest absolute Gasteiger partial charge is 0.243 e. The number of nitrogens with zero attached hydrogens (tertiary/aromatic N) is 6. The molecule has 4 aromatic rings. The maximum absolute atomic E-state index is 13.1. The van der Waals surface area contributed by atoms with Crippen LogP contribution in [0.5, 0.6) is 0 Å². The molecule has 0 radical (unpaired) electrons. The molecule has 3 heterocycles. The zero-order valence-corrected chi connectivity index (χ0v) is 20.7. The van der Waals surface area contributed by atoms with Crippen LogP contribution in [0.25, 0.3) is 16.7 Å². The number of ether oxygens (including phenoxy) is 1. The van der Waals surface area contributed by atoms with Crippen LogP contribution in [0.15, 0.2) is 58.8 Å². The molecular formula is C23H26N6O3S2. The summed E-state index contributed by atoms with van der Waals surface area (Å²) in [4.78, 5) is 5.06. The topological polar surface area (TPSA) is 95.1 Å². The number of benzene rings is 2. The molecule has 0 bridgehead atoms. The molecule has 0 N–H and O–H groups in total. The van der Waals surface area contributed by atoms with Crippen LogP contribution >= 0.6 is 11.8 Å². The number of imidazole rings is 1. The van der Waals surface area contributed by atoms with Gasteiger partial charge in [-0.1, -0.05) is 30.0 Å². The SMILES string of the molecule is CCn1c(CSc2nncn2-c2ccccc2C)nc2cc(S(=O)(=O)N3CCOCC3)ccc21. The number of para-hydroxylation sites is 1. The van der Waals surface area contributed by atoms with Crippen LogP contribution in [-0.2, 0) is 27.1 Å². The Morgan fingerprint density at radius 3 is 2.68 bits per heavy atom. The Morgan fingerprint density at radius 2 is 1.91 bits per heavy atom. The predicted octanol–water partition coefficient (Wildman–Crippen LogP) is 3.26. The molecule has 2 aromatic carbocycles. The second-order valence-electron chi connectivity index (χ2n) is 8.00. The van der Waals surface area contributed by atoms with E-state index in [2.05, 4.69) is 34.7 Å². The molecule has 178 valence electrons. The molecule has 0 amide bonds. The highest BCUT2D eigenvalue weighted by atomic mass is 32.2. The van der Waals surface area contributed by atoms with E-state index in [1.807, 2.05) is 28.8 Å². The average Bonchev–Trinajstić information content (AvgIpc) is 3.47. The molecule has 2 aromatic heterocycles. The van der Waals surface area contributed by atoms with Crippen LogP contribution in [0.1, 0.15) is 18.3 Å². The molecule has 5 rings (SSSR count). The van der Waals surface area contributed by atoms with Crippen molar-refractivity contribution in [3.8, 4) is 5.69 Å². The Kier molecular flexibility index (Phi) is 6.43. The van der Waals surface area contributed by atoms with Gasteiger partial charge in [-0.3, -0.25) is 4.57 Å². The Bertz CT molecular complexity index is 1420. The van der Waals surface area contributed by atoms with E-state index in [9.17, 15) is 8.42 Å². The highest BCUT2D eigenvalue weighted by Crippen LogP contribution is 2.28. The quantitative estimate of drug-likeness (QED) is 0.361. The van der Waals surface area contributed by atoms with Crippen LogP contribution in [0.2, 0.25) is 0 Å². The van der Waals surface area contributed by atoms with Crippen LogP contribution in [0.3, 0.4) is 0 Å². The van der Waals surface area contributed by atoms with E-state index in [0.717, 1.165) is 34.3 Å². The first-order valence-electron chi connectivity index (χ1n) is 11.1. The normalized spacial score (nSPS) is 15.2. The van der Waals surface area contributed by atoms with Gasteiger partial charge in [-0.05, 0) is 43.7 Å². The molecule has 0 aliphatic carbocycles. The van der Waals surface area contributed by atoms with Crippen molar-refractivity contribution in [1.29, 1.82) is 0 Å². The molecule has 9 nitrogen and oxygen atoms in total. The third-order valence-electron chi connectivity index (χ3n) is 5.94. The second-order valence-corrected chi connectivity index (χ2v) is 10.9. The van der Waals surface area contributed by atoms with Gasteiger partial charge in [0.2, 0.25) is 10.0 Å². The highest BCUT2D eigenvalue weighted by molar-refractivity contribution is 7.98. The fourth-order valence-electron chi connectivity index (χ4n) is 4.17. The number of morpholine rings is 1. The summed E-state index contributed by atoms with van der Waals surface area (Å²) < 4.78 is 37.0. The fourth-order valence-corrected chi connectivity index (χ4v) is 6.47. The molecule has 0 unspecified atom stereocenters. The number of sulfonamides is 1. The molecule has 0 spiro atoms. The van der Waals surface area contributed by atoms with Gasteiger partial charge in [0.25, 0.3) is 0 Å². The lowest BCUT2D eigenvalue weighted by atomic mass is 10.2. The Labute approximate surface area is 202 Å². The van der Waals surface area contributed by atoms with Gasteiger partial charge in [-0.15, -0.1) is 10.2 Å². The van der Waals surface area contributed by atoms with E-state index in [1.165, 1.54) is 4.31 Å². The molecule has 1 aliphatic rings. The van der Waals surface area contributed by atoms with E-state index >= 15 is 0 Å². The first-order chi connectivity index (χ1) is 16.5. The maximum Gasteiger partial charge on any atom is 0.243 e. The number of hydrogen-bond acceptors (Lipinski definition) is 7. The largest absolute Gasteiger partial charge is 0.379 e. The van der Waals surface area contributed by atoms with E-state index in [4.69, 9.17) is 9.72 Å². The molecule has 0 atom stereocenters. The summed E-state index contributed by atoms with van der Waals surface area (Å²) in [6.07, 6.45) is 1.72. The third kappa shape index (κ3) is 4.24. The molecular weight excluding hydrogens is 472 g/mol. The second kappa shape index (κ2) is 9.49. The standard InChI is InChI=1S/C23H26N6O3S2/c1-3-28-21-9-8-18(34(30,31)27-10-12-32-13-11-27)14-19(21)25-22(28)15-33-23-26-24-16-29(23)20-7-5-4-6-17(20)2/h4-9,14,16H,3,10-13,15H2,1-2H3. The van der Waals surface area contributed by atoms with Gasteiger partial charge in [0.1, 0.15) is 12.2 Å². The van der Waals surface area contributed by atoms with Gasteiger partial charge < -0.3 is 9.30 Å². The van der Waals surface area contributed by atoms with Crippen molar-refractivity contribution in [1.82, 2.24) is 28.6 Å². The van der Waals surface area contributed by atoms with Crippen molar-refractivity contribution in [3.63, 3.8) is 0 Å². The Balaban J connectivity index is 1.43. The first-order valence-corrected chi connectivity index (χ1v) is 13.6. The van der Waals surface area contributed by atoms with E-state index in [-0.39, 0.29) is 4.90 Å². The number of aryl methyl sites for hydroxylation is 2. The van der Waals surface area contributed by atoms with E-state index in [0.29, 0.717) is 37.6 Å². The lowest BCUT2D eigenvalue weighted by Crippen LogP contribution is -2.40. The minimum absolute atomic E-state index is 0.265. The number of thioether (sulfide) groups is 1. The molecule has 1 saturated heterocycles. The van der Waals surface area contributed by atoms with Crippen molar-refractivity contribution in [2.75, 3.05) is 26.3 Å². The minimum atomic E-state index is -3.57. The zero-order valence-electron chi connectivity index (χ0n) is 19.1. The van der Waals surface area contributed by atoms with Crippen LogP contribution in [0.4, 0.5) is 0 Å². The summed E-state index contributed by atoms with van der Waals surface area (Å²) in [5.74, 6) is 1.45. The van der Waals surface area contributed by atoms with Gasteiger partial charge in [0.05, 0.1) is 40.6 Å². The summed E-state index contributed by atoms with van der Waals surface area (Å²) in [7, 11) is -3.57. The summed E-state index contributed by atoms with van der Waals surface area (Å²) in [5, 5.41) is 9.18. The number of fused-ring (bicyclic) bond motifs is 1. The van der Waals surface area contributed by atoms with Gasteiger partial charge in [0, 0.05) is 19.6 Å². The number of rotatable bonds is 7. The first kappa shape index (κ1) is 23.0. The Morgan fingerprint density at radius 1 is 1.12 bits per heavy atom. The van der Waals surface area contributed by atoms with Gasteiger partial charge in [-0.2, -0.15) is 4.31 Å². The minimum Gasteiger partial charge on any atom is -0.379 e. The van der Waals surface area contributed by atoms with Gasteiger partial charge in [0.15, 0.2) is 5.16 Å². The van der Waals surface area contributed by atoms with Crippen molar-refractivity contribution in [2.45, 2.75) is 36.2 Å². The third-order valence-corrected chi connectivity index (χ3v) is 8.78. The Hall–Kier alpha value is -2.73. The van der Waals surface area contributed by atoms with Crippen LogP contribution in [0, 0.1) is 6.92 Å². The molecule has 0 saturated carbocycles. The predicted molar refractivity (Wildman–Crippen MR) is 131 cm³/mol. The van der Waals surface area contributed by atoms with Crippen molar-refractivity contribution >= 4 is 32.8 Å². The summed E-state index contributed by atoms with van der Waals surface area (Å²) in [5.41, 5.74) is 3.77. The summed E-state index contributed by atoms with van der Waals surface area (Å²) in [6.45, 7) is 6.42. The lowest BCUT2D eigenvalue weighted by molar-refractivity contribution is 0.0730. The molecule has 11 heteroatoms. The lowest BCUT2D eigenvalue weighted by Gasteiger charge is -2.26. The van der Waals surface area contributed by atoms with Crippen molar-refractivity contribution < 1.29 is 13.2 Å². The van der Waals surface area contributed by atoms with Crippen molar-refractivity contribution in [3.05, 3.63) is 60.2 Å². The van der Waals surface area contributed by atoms with Gasteiger partial charge >= 0.3 is 0 Å². The number of aromatic nitrogens is 5. The molecule has 1 aliphatic heterocycles. The average molecular weight is 499 g/mol. The van der Waals surface area contributed by atoms with E-state index in [1.54, 1.807) is 30.2 Å². The molecule has 34 heavy (non-hydrogen) atoms. The highest BCUT2D eigenvalue weighted by Gasteiger charge is 2.27. The summed E-state index contributed by atoms with van der Waals surface area (Å²) >= 11 is 1.55. The van der Waals surface area contributed by atoms with Crippen molar-refractivity contribution in [2.24, 2.45) is 0 Å². The summed E-state index contributed by atoms with van der Waals surface area (Å²) in [6, 6.07) is 13.3. The van der Waals surface area contributed by atoms with E-state index < -0.39 is 10.0 Å². The number of hydrogen-bond donors (Lipinski definition) is 0. The molecule has 1 fully saturated rings. The van der Waals surface area contributed by atoms with Crippen LogP contribution in [-0.4, -0.2) is 63.3 Å².